The molecule has 1 aromatic carbocycles. The van der Waals surface area contributed by atoms with Crippen LogP contribution >= 0.6 is 11.6 Å². The van der Waals surface area contributed by atoms with Crippen LogP contribution in [0.2, 0.25) is 5.02 Å². The first-order valence-corrected chi connectivity index (χ1v) is 5.91. The van der Waals surface area contributed by atoms with Gasteiger partial charge in [-0.2, -0.15) is 0 Å². The zero-order chi connectivity index (χ0) is 10.4. The van der Waals surface area contributed by atoms with E-state index in [0.29, 0.717) is 0 Å². The van der Waals surface area contributed by atoms with E-state index in [1.54, 1.807) is 0 Å². The molecule has 3 rings (SSSR count). The van der Waals surface area contributed by atoms with E-state index in [0.717, 1.165) is 10.9 Å². The Hall–Kier alpha value is -0.950. The quantitative estimate of drug-likeness (QED) is 0.691. The second-order valence-electron chi connectivity index (χ2n) is 4.62. The molecule has 0 saturated carbocycles. The molecular weight excluding hydrogens is 206 g/mol. The number of aromatic nitrogens is 1. The fourth-order valence-corrected chi connectivity index (χ4v) is 2.75. The highest BCUT2D eigenvalue weighted by molar-refractivity contribution is 6.31. The van der Waals surface area contributed by atoms with E-state index in [2.05, 4.69) is 24.0 Å². The highest BCUT2D eigenvalue weighted by Crippen LogP contribution is 2.32. The molecule has 1 N–H and O–H groups in total. The van der Waals surface area contributed by atoms with Crippen molar-refractivity contribution in [1.29, 1.82) is 0 Å². The molecule has 78 valence electrons. The van der Waals surface area contributed by atoms with Gasteiger partial charge < -0.3 is 4.98 Å². The molecule has 1 unspecified atom stereocenters. The monoisotopic (exact) mass is 219 g/mol. The summed E-state index contributed by atoms with van der Waals surface area (Å²) >= 11 is 6.03. The molecule has 0 aliphatic heterocycles. The first kappa shape index (κ1) is 9.29. The van der Waals surface area contributed by atoms with Crippen LogP contribution in [-0.2, 0) is 12.8 Å². The SMILES string of the molecule is CC1CCc2c([nH]c3ccc(Cl)cc23)C1. The zero-order valence-electron chi connectivity index (χ0n) is 8.81. The number of nitrogens with one attached hydrogen (secondary N) is 1. The number of aromatic amines is 1. The highest BCUT2D eigenvalue weighted by Gasteiger charge is 2.19. The molecule has 0 saturated heterocycles. The lowest BCUT2D eigenvalue weighted by Gasteiger charge is -2.17. The Bertz CT molecular complexity index is 512. The summed E-state index contributed by atoms with van der Waals surface area (Å²) in [6.45, 7) is 2.32. The molecule has 1 heterocycles. The zero-order valence-corrected chi connectivity index (χ0v) is 9.56. The van der Waals surface area contributed by atoms with Crippen LogP contribution in [0.15, 0.2) is 18.2 Å². The van der Waals surface area contributed by atoms with Crippen LogP contribution < -0.4 is 0 Å². The molecule has 0 bridgehead atoms. The van der Waals surface area contributed by atoms with Gasteiger partial charge in [-0.15, -0.1) is 0 Å². The average molecular weight is 220 g/mol. The molecule has 2 heteroatoms. The van der Waals surface area contributed by atoms with E-state index in [1.165, 1.54) is 41.4 Å². The third kappa shape index (κ3) is 1.46. The van der Waals surface area contributed by atoms with E-state index in [1.807, 2.05) is 6.07 Å². The summed E-state index contributed by atoms with van der Waals surface area (Å²) in [7, 11) is 0. The van der Waals surface area contributed by atoms with Crippen LogP contribution in [0.1, 0.15) is 24.6 Å². The summed E-state index contributed by atoms with van der Waals surface area (Å²) in [5.41, 5.74) is 4.15. The van der Waals surface area contributed by atoms with Crippen molar-refractivity contribution in [3.8, 4) is 0 Å². The molecular formula is C13H14ClN. The number of benzene rings is 1. The molecule has 2 aromatic rings. The number of hydrogen-bond acceptors (Lipinski definition) is 0. The van der Waals surface area contributed by atoms with Gasteiger partial charge in [0, 0.05) is 21.6 Å². The van der Waals surface area contributed by atoms with Crippen molar-refractivity contribution in [3.63, 3.8) is 0 Å². The topological polar surface area (TPSA) is 15.8 Å². The number of aryl methyl sites for hydroxylation is 1. The molecule has 15 heavy (non-hydrogen) atoms. The minimum atomic E-state index is 0.807. The van der Waals surface area contributed by atoms with Crippen LogP contribution in [-0.4, -0.2) is 4.98 Å². The first-order valence-electron chi connectivity index (χ1n) is 5.53. The van der Waals surface area contributed by atoms with Gasteiger partial charge in [0.05, 0.1) is 0 Å². The fraction of sp³-hybridized carbons (Fsp3) is 0.385. The van der Waals surface area contributed by atoms with Crippen molar-refractivity contribution in [3.05, 3.63) is 34.5 Å². The maximum atomic E-state index is 6.03. The number of H-pyrrole nitrogens is 1. The predicted molar refractivity (Wildman–Crippen MR) is 64.5 cm³/mol. The normalized spacial score (nSPS) is 20.5. The Morgan fingerprint density at radius 3 is 3.13 bits per heavy atom. The summed E-state index contributed by atoms with van der Waals surface area (Å²) in [5, 5.41) is 2.16. The van der Waals surface area contributed by atoms with E-state index >= 15 is 0 Å². The minimum absolute atomic E-state index is 0.807. The van der Waals surface area contributed by atoms with Gasteiger partial charge in [-0.25, -0.2) is 0 Å². The van der Waals surface area contributed by atoms with Crippen molar-refractivity contribution >= 4 is 22.5 Å². The number of rotatable bonds is 0. The molecule has 0 spiro atoms. The number of fused-ring (bicyclic) bond motifs is 3. The lowest BCUT2D eigenvalue weighted by atomic mass is 9.88. The third-order valence-electron chi connectivity index (χ3n) is 3.40. The Morgan fingerprint density at radius 1 is 1.40 bits per heavy atom. The lowest BCUT2D eigenvalue weighted by molar-refractivity contribution is 0.497. The second kappa shape index (κ2) is 3.28. The van der Waals surface area contributed by atoms with E-state index < -0.39 is 0 Å². The van der Waals surface area contributed by atoms with Crippen LogP contribution in [0.3, 0.4) is 0 Å². The van der Waals surface area contributed by atoms with E-state index in [9.17, 15) is 0 Å². The second-order valence-corrected chi connectivity index (χ2v) is 5.06. The van der Waals surface area contributed by atoms with Crippen molar-refractivity contribution in [2.75, 3.05) is 0 Å². The standard InChI is InChI=1S/C13H14ClN/c1-8-2-4-10-11-7-9(14)3-5-12(11)15-13(10)6-8/h3,5,7-8,15H,2,4,6H2,1H3. The van der Waals surface area contributed by atoms with Gasteiger partial charge >= 0.3 is 0 Å². The molecule has 1 nitrogen and oxygen atoms in total. The Labute approximate surface area is 94.4 Å². The Kier molecular flexibility index (Phi) is 2.03. The Morgan fingerprint density at radius 2 is 2.27 bits per heavy atom. The number of halogens is 1. The van der Waals surface area contributed by atoms with Crippen LogP contribution in [0, 0.1) is 5.92 Å². The maximum absolute atomic E-state index is 6.03. The molecule has 0 radical (unpaired) electrons. The van der Waals surface area contributed by atoms with Gasteiger partial charge in [0.1, 0.15) is 0 Å². The van der Waals surface area contributed by atoms with Crippen molar-refractivity contribution in [2.45, 2.75) is 26.2 Å². The largest absolute Gasteiger partial charge is 0.358 e. The van der Waals surface area contributed by atoms with Crippen molar-refractivity contribution in [2.24, 2.45) is 5.92 Å². The van der Waals surface area contributed by atoms with E-state index in [4.69, 9.17) is 11.6 Å². The van der Waals surface area contributed by atoms with Gasteiger partial charge in [0.25, 0.3) is 0 Å². The van der Waals surface area contributed by atoms with E-state index in [-0.39, 0.29) is 0 Å². The fourth-order valence-electron chi connectivity index (χ4n) is 2.58. The Balaban J connectivity index is 2.24. The number of hydrogen-bond donors (Lipinski definition) is 1. The van der Waals surface area contributed by atoms with Crippen LogP contribution in [0.4, 0.5) is 0 Å². The van der Waals surface area contributed by atoms with Crippen LogP contribution in [0.5, 0.6) is 0 Å². The van der Waals surface area contributed by atoms with Gasteiger partial charge in [-0.05, 0) is 48.9 Å². The van der Waals surface area contributed by atoms with Crippen molar-refractivity contribution in [1.82, 2.24) is 4.98 Å². The van der Waals surface area contributed by atoms with Gasteiger partial charge in [0.15, 0.2) is 0 Å². The van der Waals surface area contributed by atoms with Gasteiger partial charge in [0.2, 0.25) is 0 Å². The van der Waals surface area contributed by atoms with Gasteiger partial charge in [-0.3, -0.25) is 0 Å². The summed E-state index contributed by atoms with van der Waals surface area (Å²) in [6, 6.07) is 6.12. The maximum Gasteiger partial charge on any atom is 0.0460 e. The minimum Gasteiger partial charge on any atom is -0.358 e. The highest BCUT2D eigenvalue weighted by atomic mass is 35.5. The van der Waals surface area contributed by atoms with Crippen LogP contribution in [0.25, 0.3) is 10.9 Å². The molecule has 1 aliphatic rings. The molecule has 1 aliphatic carbocycles. The summed E-state index contributed by atoms with van der Waals surface area (Å²) in [5.74, 6) is 0.807. The summed E-state index contributed by atoms with van der Waals surface area (Å²) in [4.78, 5) is 3.52. The predicted octanol–water partition coefficient (Wildman–Crippen LogP) is 3.95. The smallest absolute Gasteiger partial charge is 0.0460 e. The molecule has 1 aromatic heterocycles. The molecule has 0 fully saturated rings. The molecule has 1 atom stereocenters. The first-order chi connectivity index (χ1) is 7.24. The molecule has 0 amide bonds. The summed E-state index contributed by atoms with van der Waals surface area (Å²) < 4.78 is 0. The van der Waals surface area contributed by atoms with Crippen molar-refractivity contribution < 1.29 is 0 Å². The lowest BCUT2D eigenvalue weighted by Crippen LogP contribution is -2.10. The van der Waals surface area contributed by atoms with Gasteiger partial charge in [-0.1, -0.05) is 18.5 Å². The third-order valence-corrected chi connectivity index (χ3v) is 3.63. The average Bonchev–Trinajstić information content (AvgIpc) is 2.54. The summed E-state index contributed by atoms with van der Waals surface area (Å²) in [6.07, 6.45) is 3.67.